The van der Waals surface area contributed by atoms with E-state index in [0.717, 1.165) is 119 Å². The van der Waals surface area contributed by atoms with Gasteiger partial charge in [0.25, 0.3) is 23.6 Å². The summed E-state index contributed by atoms with van der Waals surface area (Å²) in [6, 6.07) is 27.9. The van der Waals surface area contributed by atoms with E-state index in [1.54, 1.807) is 6.08 Å². The maximum Gasteiger partial charge on any atom is 0.261 e. The Kier molecular flexibility index (Phi) is 8.55. The molecule has 2 heterocycles. The number of amides is 4. The van der Waals surface area contributed by atoms with Crippen LogP contribution in [0.2, 0.25) is 0 Å². The third-order valence-electron chi connectivity index (χ3n) is 13.2. The molecule has 10 rings (SSSR count). The summed E-state index contributed by atoms with van der Waals surface area (Å²) in [5, 5.41) is 5.19. The average Bonchev–Trinajstić information content (AvgIpc) is 3.24. The van der Waals surface area contributed by atoms with E-state index in [-0.39, 0.29) is 35.7 Å². The van der Waals surface area contributed by atoms with E-state index in [1.165, 1.54) is 9.80 Å². The van der Waals surface area contributed by atoms with Crippen LogP contribution in [0.4, 0.5) is 0 Å². The third-order valence-corrected chi connectivity index (χ3v) is 13.2. The van der Waals surface area contributed by atoms with Gasteiger partial charge in [-0.3, -0.25) is 29.0 Å². The molecular formula is C51H44N2O4. The predicted octanol–water partition coefficient (Wildman–Crippen LogP) is 11.8. The molecule has 282 valence electrons. The maximum absolute atomic E-state index is 14.2. The van der Waals surface area contributed by atoms with Gasteiger partial charge in [0.15, 0.2) is 0 Å². The topological polar surface area (TPSA) is 74.8 Å². The van der Waals surface area contributed by atoms with Gasteiger partial charge in [-0.25, -0.2) is 0 Å². The van der Waals surface area contributed by atoms with Crippen LogP contribution in [-0.4, -0.2) is 45.5 Å². The highest BCUT2D eigenvalue weighted by atomic mass is 16.2. The number of hydrogen-bond donors (Lipinski definition) is 0. The Morgan fingerprint density at radius 1 is 0.491 bits per heavy atom. The summed E-state index contributed by atoms with van der Waals surface area (Å²) in [6.07, 6.45) is 15.6. The van der Waals surface area contributed by atoms with Crippen molar-refractivity contribution in [2.75, 3.05) is 0 Å². The Balaban J connectivity index is 1.19. The number of rotatable bonds is 6. The molecule has 2 aliphatic heterocycles. The Labute approximate surface area is 332 Å². The van der Waals surface area contributed by atoms with Crippen molar-refractivity contribution in [1.82, 2.24) is 9.80 Å². The minimum absolute atomic E-state index is 0.0675. The molecule has 4 aliphatic rings. The van der Waals surface area contributed by atoms with E-state index in [4.69, 9.17) is 0 Å². The lowest BCUT2D eigenvalue weighted by molar-refractivity contribution is 0.0487. The number of imide groups is 2. The monoisotopic (exact) mass is 748 g/mol. The van der Waals surface area contributed by atoms with Crippen LogP contribution in [0.3, 0.4) is 0 Å². The second kappa shape index (κ2) is 13.8. The van der Waals surface area contributed by atoms with Crippen LogP contribution in [0.5, 0.6) is 0 Å². The van der Waals surface area contributed by atoms with Crippen molar-refractivity contribution in [3.05, 3.63) is 137 Å². The van der Waals surface area contributed by atoms with Crippen molar-refractivity contribution in [3.8, 4) is 22.3 Å². The Morgan fingerprint density at radius 3 is 1.37 bits per heavy atom. The fourth-order valence-electron chi connectivity index (χ4n) is 10.6. The first kappa shape index (κ1) is 35.3. The van der Waals surface area contributed by atoms with Gasteiger partial charge in [-0.2, -0.15) is 0 Å². The van der Waals surface area contributed by atoms with Crippen LogP contribution in [0, 0.1) is 6.92 Å². The number of carbonyl (C=O) groups is 4. The van der Waals surface area contributed by atoms with Crippen LogP contribution in [-0.2, 0) is 0 Å². The van der Waals surface area contributed by atoms with Crippen LogP contribution in [0.1, 0.15) is 117 Å². The molecule has 2 saturated carbocycles. The predicted molar refractivity (Wildman–Crippen MR) is 229 cm³/mol. The van der Waals surface area contributed by atoms with Gasteiger partial charge in [-0.1, -0.05) is 124 Å². The van der Waals surface area contributed by atoms with E-state index in [2.05, 4.69) is 43.8 Å². The highest BCUT2D eigenvalue weighted by Gasteiger charge is 2.40. The molecule has 4 amide bonds. The molecule has 0 bridgehead atoms. The Bertz CT molecular complexity index is 2740. The lowest BCUT2D eigenvalue weighted by Crippen LogP contribution is -2.47. The standard InChI is InChI=1S/C51H44N2O4/c1-3-4-19-33-30(2)44(38-26-28-42-46-36(38)22-13-24-40(46)48(54)52(50(42)56)31-15-7-5-8-16-31)34-20-11-12-21-35(34)45(33)39-27-29-43-47-37(39)23-14-25-41(47)49(55)53(51(43)57)32-17-9-6-10-18-32/h3-4,11-14,19-29,31-32H,1,5-10,15-18H2,2H3/b19-4-. The first-order valence-corrected chi connectivity index (χ1v) is 20.6. The van der Waals surface area contributed by atoms with Crippen LogP contribution < -0.4 is 0 Å². The van der Waals surface area contributed by atoms with Gasteiger partial charge in [0.1, 0.15) is 0 Å². The SMILES string of the molecule is C=C/C=C\c1c(C)c(-c2ccc3c4c(cccc24)C(=O)N(C2CCCCC2)C3=O)c2ccccc2c1-c1ccc2c3c(cccc13)C(=O)N(C1CCCCC1)C2=O. The van der Waals surface area contributed by atoms with Gasteiger partial charge in [0.2, 0.25) is 0 Å². The van der Waals surface area contributed by atoms with Crippen LogP contribution in [0.25, 0.3) is 60.6 Å². The van der Waals surface area contributed by atoms with E-state index in [1.807, 2.05) is 66.7 Å². The zero-order valence-corrected chi connectivity index (χ0v) is 32.3. The van der Waals surface area contributed by atoms with E-state index < -0.39 is 0 Å². The van der Waals surface area contributed by atoms with Gasteiger partial charge >= 0.3 is 0 Å². The summed E-state index contributed by atoms with van der Waals surface area (Å²) in [4.78, 5) is 59.8. The number of allylic oxidation sites excluding steroid dienone is 2. The zero-order chi connectivity index (χ0) is 38.9. The fraction of sp³-hybridized carbons (Fsp3) is 0.255. The average molecular weight is 749 g/mol. The van der Waals surface area contributed by atoms with Crippen molar-refractivity contribution in [3.63, 3.8) is 0 Å². The molecule has 6 nitrogen and oxygen atoms in total. The molecule has 2 aliphatic carbocycles. The van der Waals surface area contributed by atoms with Crippen molar-refractivity contribution in [2.24, 2.45) is 0 Å². The lowest BCUT2D eigenvalue weighted by atomic mass is 9.79. The molecule has 0 radical (unpaired) electrons. The fourth-order valence-corrected chi connectivity index (χ4v) is 10.6. The summed E-state index contributed by atoms with van der Waals surface area (Å²) in [6.45, 7) is 6.13. The maximum atomic E-state index is 14.2. The van der Waals surface area contributed by atoms with Crippen molar-refractivity contribution in [2.45, 2.75) is 83.2 Å². The van der Waals surface area contributed by atoms with Gasteiger partial charge in [0.05, 0.1) is 0 Å². The summed E-state index contributed by atoms with van der Waals surface area (Å²) < 4.78 is 0. The molecule has 2 fully saturated rings. The number of nitrogens with zero attached hydrogens (tertiary/aromatic N) is 2. The molecule has 0 spiro atoms. The molecule has 0 atom stereocenters. The minimum atomic E-state index is -0.202. The minimum Gasteiger partial charge on any atom is -0.271 e. The Morgan fingerprint density at radius 2 is 0.895 bits per heavy atom. The molecule has 57 heavy (non-hydrogen) atoms. The van der Waals surface area contributed by atoms with Gasteiger partial charge < -0.3 is 0 Å². The number of benzene rings is 6. The molecule has 6 aromatic rings. The molecule has 6 heteroatoms. The molecular weight excluding hydrogens is 705 g/mol. The number of hydrogen-bond acceptors (Lipinski definition) is 4. The summed E-state index contributed by atoms with van der Waals surface area (Å²) in [7, 11) is 0. The smallest absolute Gasteiger partial charge is 0.261 e. The van der Waals surface area contributed by atoms with Crippen LogP contribution in [0.15, 0.2) is 104 Å². The Hall–Kier alpha value is -6.14. The van der Waals surface area contributed by atoms with Gasteiger partial charge in [-0.15, -0.1) is 0 Å². The number of carbonyl (C=O) groups excluding carboxylic acids is 4. The quantitative estimate of drug-likeness (QED) is 0.126. The summed E-state index contributed by atoms with van der Waals surface area (Å²) in [5.41, 5.74) is 8.22. The molecule has 0 aromatic heterocycles. The van der Waals surface area contributed by atoms with Crippen molar-refractivity contribution >= 4 is 62.0 Å². The van der Waals surface area contributed by atoms with E-state index >= 15 is 0 Å². The van der Waals surface area contributed by atoms with Gasteiger partial charge in [0, 0.05) is 45.1 Å². The molecule has 0 unspecified atom stereocenters. The summed E-state index contributed by atoms with van der Waals surface area (Å²) >= 11 is 0. The highest BCUT2D eigenvalue weighted by molar-refractivity contribution is 6.30. The highest BCUT2D eigenvalue weighted by Crippen LogP contribution is 2.48. The van der Waals surface area contributed by atoms with E-state index in [9.17, 15) is 19.2 Å². The van der Waals surface area contributed by atoms with Crippen molar-refractivity contribution in [1.29, 1.82) is 0 Å². The first-order valence-electron chi connectivity index (χ1n) is 20.6. The zero-order valence-electron chi connectivity index (χ0n) is 32.3. The third kappa shape index (κ3) is 5.30. The van der Waals surface area contributed by atoms with Gasteiger partial charge in [-0.05, 0) is 112 Å². The number of fused-ring (bicyclic) bond motifs is 1. The largest absolute Gasteiger partial charge is 0.271 e. The molecule has 6 aromatic carbocycles. The second-order valence-electron chi connectivity index (χ2n) is 16.3. The molecule has 0 saturated heterocycles. The second-order valence-corrected chi connectivity index (χ2v) is 16.3. The summed E-state index contributed by atoms with van der Waals surface area (Å²) in [5.74, 6) is -0.801. The van der Waals surface area contributed by atoms with E-state index in [0.29, 0.717) is 33.0 Å². The van der Waals surface area contributed by atoms with Crippen molar-refractivity contribution < 1.29 is 19.2 Å². The lowest BCUT2D eigenvalue weighted by Gasteiger charge is -2.36. The first-order chi connectivity index (χ1) is 27.9. The normalized spacial score (nSPS) is 17.8. The van der Waals surface area contributed by atoms with Crippen LogP contribution >= 0.6 is 0 Å². The molecule has 0 N–H and O–H groups in total.